The number of hydrogen-bond donors (Lipinski definition) is 2. The minimum Gasteiger partial charge on any atom is -0.481 e. The van der Waals surface area contributed by atoms with Gasteiger partial charge in [-0.2, -0.15) is 0 Å². The summed E-state index contributed by atoms with van der Waals surface area (Å²) in [5, 5.41) is 18.1. The molecule has 1 fully saturated rings. The lowest BCUT2D eigenvalue weighted by atomic mass is 9.77. The summed E-state index contributed by atoms with van der Waals surface area (Å²) in [6, 6.07) is 0. The predicted molar refractivity (Wildman–Crippen MR) is 52.3 cm³/mol. The Morgan fingerprint density at radius 2 is 2.13 bits per heavy atom. The number of carbonyl (C=O) groups is 2. The molecule has 2 aliphatic carbocycles. The highest BCUT2D eigenvalue weighted by molar-refractivity contribution is 5.93. The van der Waals surface area contributed by atoms with Crippen LogP contribution in [0.25, 0.3) is 0 Å². The van der Waals surface area contributed by atoms with E-state index in [0.29, 0.717) is 12.8 Å². The van der Waals surface area contributed by atoms with Gasteiger partial charge in [-0.25, -0.2) is 4.79 Å². The smallest absolute Gasteiger partial charge is 0.335 e. The third kappa shape index (κ3) is 1.21. The van der Waals surface area contributed by atoms with Gasteiger partial charge in [0.2, 0.25) is 0 Å². The zero-order valence-electron chi connectivity index (χ0n) is 8.36. The van der Waals surface area contributed by atoms with E-state index in [2.05, 4.69) is 0 Å². The Morgan fingerprint density at radius 1 is 1.47 bits per heavy atom. The fourth-order valence-electron chi connectivity index (χ4n) is 2.51. The van der Waals surface area contributed by atoms with Crippen LogP contribution in [-0.4, -0.2) is 22.2 Å². The number of carboxylic acid groups (broad SMARTS) is 2. The van der Waals surface area contributed by atoms with Gasteiger partial charge in [0.15, 0.2) is 0 Å². The van der Waals surface area contributed by atoms with Crippen molar-refractivity contribution in [3.05, 3.63) is 23.3 Å². The number of aliphatic carboxylic acids is 2. The second-order valence-electron chi connectivity index (χ2n) is 4.28. The zero-order valence-corrected chi connectivity index (χ0v) is 8.36. The van der Waals surface area contributed by atoms with Gasteiger partial charge in [0, 0.05) is 0 Å². The topological polar surface area (TPSA) is 74.6 Å². The highest BCUT2D eigenvalue weighted by atomic mass is 16.4. The normalized spacial score (nSPS) is 33.3. The first kappa shape index (κ1) is 9.96. The van der Waals surface area contributed by atoms with Crippen molar-refractivity contribution in [3.8, 4) is 0 Å². The lowest BCUT2D eigenvalue weighted by Crippen LogP contribution is -2.32. The Kier molecular flexibility index (Phi) is 1.96. The zero-order chi connectivity index (χ0) is 11.2. The lowest BCUT2D eigenvalue weighted by Gasteiger charge is -2.26. The molecule has 0 spiro atoms. The van der Waals surface area contributed by atoms with Crippen LogP contribution in [0, 0.1) is 11.3 Å². The molecule has 0 heterocycles. The van der Waals surface area contributed by atoms with Crippen LogP contribution in [0.3, 0.4) is 0 Å². The van der Waals surface area contributed by atoms with Gasteiger partial charge in [-0.3, -0.25) is 4.79 Å². The van der Waals surface area contributed by atoms with Crippen molar-refractivity contribution in [1.29, 1.82) is 0 Å². The van der Waals surface area contributed by atoms with Crippen LogP contribution in [0.2, 0.25) is 0 Å². The molecular weight excluding hydrogens is 196 g/mol. The third-order valence-electron chi connectivity index (χ3n) is 3.49. The Labute approximate surface area is 86.9 Å². The maximum Gasteiger partial charge on any atom is 0.335 e. The fraction of sp³-hybridized carbons (Fsp3) is 0.455. The van der Waals surface area contributed by atoms with Gasteiger partial charge in [0.1, 0.15) is 0 Å². The van der Waals surface area contributed by atoms with Crippen LogP contribution >= 0.6 is 0 Å². The molecule has 2 atom stereocenters. The Balaban J connectivity index is 2.46. The molecule has 2 unspecified atom stereocenters. The van der Waals surface area contributed by atoms with E-state index in [0.717, 1.165) is 5.57 Å². The van der Waals surface area contributed by atoms with Crippen molar-refractivity contribution in [2.24, 2.45) is 11.3 Å². The minimum absolute atomic E-state index is 0.0295. The number of rotatable bonds is 2. The molecule has 0 aromatic carbocycles. The van der Waals surface area contributed by atoms with Gasteiger partial charge in [-0.15, -0.1) is 0 Å². The van der Waals surface area contributed by atoms with E-state index >= 15 is 0 Å². The summed E-state index contributed by atoms with van der Waals surface area (Å²) in [7, 11) is 0. The van der Waals surface area contributed by atoms with Gasteiger partial charge in [-0.05, 0) is 18.8 Å². The van der Waals surface area contributed by atoms with E-state index < -0.39 is 17.4 Å². The van der Waals surface area contributed by atoms with Gasteiger partial charge < -0.3 is 10.2 Å². The molecule has 2 rings (SSSR count). The number of allylic oxidation sites excluding steroid dienone is 1. The van der Waals surface area contributed by atoms with Crippen LogP contribution in [0.15, 0.2) is 23.3 Å². The van der Waals surface area contributed by atoms with E-state index in [1.54, 1.807) is 6.08 Å². The molecule has 2 bridgehead atoms. The maximum absolute atomic E-state index is 11.2. The van der Waals surface area contributed by atoms with Crippen molar-refractivity contribution < 1.29 is 19.8 Å². The average molecular weight is 208 g/mol. The van der Waals surface area contributed by atoms with Gasteiger partial charge in [0.25, 0.3) is 0 Å². The van der Waals surface area contributed by atoms with Crippen LogP contribution < -0.4 is 0 Å². The summed E-state index contributed by atoms with van der Waals surface area (Å²) in [5.41, 5.74) is 0.171. The van der Waals surface area contributed by atoms with Crippen molar-refractivity contribution in [2.75, 3.05) is 0 Å². The molecule has 0 saturated heterocycles. The standard InChI is InChI=1S/C11H12O4/c1-6-4-7-5-11(6,10(14)15)3-2-8(7)9(12)13/h2-3,6H,4-5H2,1H3,(H,12,13)(H,14,15). The van der Waals surface area contributed by atoms with Crippen molar-refractivity contribution in [2.45, 2.75) is 19.8 Å². The summed E-state index contributed by atoms with van der Waals surface area (Å²) < 4.78 is 0. The molecule has 4 heteroatoms. The summed E-state index contributed by atoms with van der Waals surface area (Å²) in [6.07, 6.45) is 3.90. The summed E-state index contributed by atoms with van der Waals surface area (Å²) in [5.74, 6) is -1.85. The van der Waals surface area contributed by atoms with Crippen LogP contribution in [0.4, 0.5) is 0 Å². The molecule has 0 aromatic rings. The van der Waals surface area contributed by atoms with Crippen molar-refractivity contribution in [1.82, 2.24) is 0 Å². The quantitative estimate of drug-likeness (QED) is 0.720. The fourth-order valence-corrected chi connectivity index (χ4v) is 2.51. The minimum atomic E-state index is -0.964. The Bertz CT molecular complexity index is 405. The van der Waals surface area contributed by atoms with Crippen LogP contribution in [-0.2, 0) is 9.59 Å². The van der Waals surface area contributed by atoms with E-state index in [9.17, 15) is 14.7 Å². The first-order chi connectivity index (χ1) is 6.97. The molecule has 0 radical (unpaired) electrons. The molecule has 2 N–H and O–H groups in total. The van der Waals surface area contributed by atoms with Crippen molar-refractivity contribution >= 4 is 11.9 Å². The number of fused-ring (bicyclic) bond motifs is 2. The lowest BCUT2D eigenvalue weighted by molar-refractivity contribution is -0.147. The molecule has 15 heavy (non-hydrogen) atoms. The van der Waals surface area contributed by atoms with E-state index in [-0.39, 0.29) is 11.5 Å². The predicted octanol–water partition coefficient (Wildman–Crippen LogP) is 1.44. The molecule has 80 valence electrons. The van der Waals surface area contributed by atoms with E-state index in [4.69, 9.17) is 5.11 Å². The number of hydrogen-bond acceptors (Lipinski definition) is 2. The SMILES string of the molecule is CC1CC2=C(C(=O)O)C=CC1(C(=O)O)C2. The van der Waals surface area contributed by atoms with E-state index in [1.807, 2.05) is 6.92 Å². The first-order valence-corrected chi connectivity index (χ1v) is 4.85. The average Bonchev–Trinajstić information content (AvgIpc) is 2.39. The van der Waals surface area contributed by atoms with E-state index in [1.165, 1.54) is 6.08 Å². The largest absolute Gasteiger partial charge is 0.481 e. The van der Waals surface area contributed by atoms with Gasteiger partial charge in [-0.1, -0.05) is 24.6 Å². The summed E-state index contributed by atoms with van der Waals surface area (Å²) >= 11 is 0. The second kappa shape index (κ2) is 2.95. The first-order valence-electron chi connectivity index (χ1n) is 4.85. The molecule has 0 aliphatic heterocycles. The third-order valence-corrected chi connectivity index (χ3v) is 3.49. The Hall–Kier alpha value is -1.58. The molecule has 1 saturated carbocycles. The van der Waals surface area contributed by atoms with Crippen molar-refractivity contribution in [3.63, 3.8) is 0 Å². The highest BCUT2D eigenvalue weighted by Gasteiger charge is 2.49. The Morgan fingerprint density at radius 3 is 2.67 bits per heavy atom. The van der Waals surface area contributed by atoms with Gasteiger partial charge >= 0.3 is 11.9 Å². The van der Waals surface area contributed by atoms with Crippen LogP contribution in [0.5, 0.6) is 0 Å². The van der Waals surface area contributed by atoms with Gasteiger partial charge in [0.05, 0.1) is 11.0 Å². The van der Waals surface area contributed by atoms with Crippen LogP contribution in [0.1, 0.15) is 19.8 Å². The monoisotopic (exact) mass is 208 g/mol. The molecule has 2 aliphatic rings. The molecule has 4 nitrogen and oxygen atoms in total. The summed E-state index contributed by atoms with van der Waals surface area (Å²) in [4.78, 5) is 22.1. The molecular formula is C11H12O4. The number of carboxylic acids is 2. The molecule has 0 amide bonds. The molecule has 0 aromatic heterocycles. The summed E-state index contributed by atoms with van der Waals surface area (Å²) in [6.45, 7) is 1.86. The highest BCUT2D eigenvalue weighted by Crippen LogP contribution is 2.51. The second-order valence-corrected chi connectivity index (χ2v) is 4.28. The maximum atomic E-state index is 11.2.